The van der Waals surface area contributed by atoms with E-state index in [2.05, 4.69) is 15.8 Å². The van der Waals surface area contributed by atoms with Gasteiger partial charge in [0.05, 0.1) is 6.21 Å². The highest BCUT2D eigenvalue weighted by Gasteiger charge is 2.08. The summed E-state index contributed by atoms with van der Waals surface area (Å²) in [7, 11) is 0. The first-order chi connectivity index (χ1) is 12.5. The van der Waals surface area contributed by atoms with Crippen molar-refractivity contribution in [1.29, 1.82) is 0 Å². The summed E-state index contributed by atoms with van der Waals surface area (Å²) in [5, 5.41) is 6.75. The van der Waals surface area contributed by atoms with Crippen molar-refractivity contribution in [3.63, 3.8) is 0 Å². The summed E-state index contributed by atoms with van der Waals surface area (Å²) in [6.45, 7) is 3.94. The summed E-state index contributed by atoms with van der Waals surface area (Å²) in [5.41, 5.74) is 6.25. The number of carbonyl (C=O) groups excluding carboxylic acids is 2. The molecule has 0 atom stereocenters. The third kappa shape index (κ3) is 6.37. The Balaban J connectivity index is 1.75. The van der Waals surface area contributed by atoms with Gasteiger partial charge in [0.2, 0.25) is 11.8 Å². The van der Waals surface area contributed by atoms with Crippen LogP contribution in [0.2, 0.25) is 0 Å². The summed E-state index contributed by atoms with van der Waals surface area (Å²) in [6, 6.07) is 13.7. The summed E-state index contributed by atoms with van der Waals surface area (Å²) < 4.78 is 0. The number of hydrogen-bond acceptors (Lipinski definition) is 4. The minimum Gasteiger partial charge on any atom is -0.326 e. The molecule has 0 saturated heterocycles. The maximum Gasteiger partial charge on any atom is 0.240 e. The second-order valence-electron chi connectivity index (χ2n) is 5.93. The maximum absolute atomic E-state index is 12.0. The minimum atomic E-state index is -0.294. The highest BCUT2D eigenvalue weighted by atomic mass is 32.2. The normalized spacial score (nSPS) is 10.7. The quantitative estimate of drug-likeness (QED) is 0.442. The number of rotatable bonds is 7. The number of anilines is 1. The molecule has 0 aromatic heterocycles. The van der Waals surface area contributed by atoms with Crippen LogP contribution in [0, 0.1) is 13.8 Å². The molecule has 2 rings (SSSR count). The zero-order valence-electron chi connectivity index (χ0n) is 15.2. The zero-order valence-corrected chi connectivity index (χ0v) is 16.0. The predicted octanol–water partition coefficient (Wildman–Crippen LogP) is 3.89. The van der Waals surface area contributed by atoms with Gasteiger partial charge in [0, 0.05) is 23.4 Å². The Morgan fingerprint density at radius 1 is 1.04 bits per heavy atom. The number of carbonyl (C=O) groups is 2. The fourth-order valence-corrected chi connectivity index (χ4v) is 2.73. The first-order valence-corrected chi connectivity index (χ1v) is 9.53. The molecule has 2 aromatic carbocycles. The number of aryl methyl sites for hydroxylation is 2. The molecular weight excluding hydrogens is 346 g/mol. The highest BCUT2D eigenvalue weighted by Crippen LogP contribution is 2.16. The van der Waals surface area contributed by atoms with Crippen molar-refractivity contribution in [2.75, 3.05) is 11.6 Å². The topological polar surface area (TPSA) is 70.6 Å². The molecule has 2 aromatic rings. The lowest BCUT2D eigenvalue weighted by molar-refractivity contribution is -0.124. The second kappa shape index (κ2) is 9.77. The van der Waals surface area contributed by atoms with Crippen LogP contribution in [0.3, 0.4) is 0 Å². The highest BCUT2D eigenvalue weighted by molar-refractivity contribution is 7.98. The number of hydrazone groups is 1. The van der Waals surface area contributed by atoms with Crippen molar-refractivity contribution >= 4 is 35.5 Å². The van der Waals surface area contributed by atoms with E-state index in [1.165, 1.54) is 4.90 Å². The predicted molar refractivity (Wildman–Crippen MR) is 108 cm³/mol. The molecule has 0 aliphatic carbocycles. The summed E-state index contributed by atoms with van der Waals surface area (Å²) >= 11 is 1.67. The van der Waals surface area contributed by atoms with Crippen LogP contribution in [-0.4, -0.2) is 24.3 Å². The van der Waals surface area contributed by atoms with E-state index in [4.69, 9.17) is 0 Å². The molecule has 2 amide bonds. The number of thioether (sulfide) groups is 1. The summed E-state index contributed by atoms with van der Waals surface area (Å²) in [6.07, 6.45) is 3.79. The molecular formula is C20H23N3O2S. The average Bonchev–Trinajstić information content (AvgIpc) is 2.63. The molecule has 2 N–H and O–H groups in total. The van der Waals surface area contributed by atoms with Crippen LogP contribution in [0.4, 0.5) is 5.69 Å². The number of benzene rings is 2. The van der Waals surface area contributed by atoms with E-state index in [9.17, 15) is 9.59 Å². The number of nitrogens with zero attached hydrogens (tertiary/aromatic N) is 1. The van der Waals surface area contributed by atoms with E-state index in [-0.39, 0.29) is 24.7 Å². The van der Waals surface area contributed by atoms with Gasteiger partial charge >= 0.3 is 0 Å². The van der Waals surface area contributed by atoms with Gasteiger partial charge in [-0.25, -0.2) is 5.43 Å². The molecule has 0 fully saturated rings. The minimum absolute atomic E-state index is 0.0828. The van der Waals surface area contributed by atoms with Crippen molar-refractivity contribution in [2.45, 2.75) is 31.6 Å². The molecule has 0 heterocycles. The largest absolute Gasteiger partial charge is 0.326 e. The lowest BCUT2D eigenvalue weighted by Gasteiger charge is -2.08. The van der Waals surface area contributed by atoms with E-state index in [1.54, 1.807) is 18.0 Å². The second-order valence-corrected chi connectivity index (χ2v) is 6.81. The number of amides is 2. The lowest BCUT2D eigenvalue weighted by atomic mass is 10.1. The summed E-state index contributed by atoms with van der Waals surface area (Å²) in [5.74, 6) is -0.485. The molecule has 0 spiro atoms. The SMILES string of the molecule is CSc1ccc(/C=N\NC(=O)CCC(=O)Nc2ccc(C)cc2C)cc1. The molecule has 0 unspecified atom stereocenters. The van der Waals surface area contributed by atoms with Gasteiger partial charge in [0.1, 0.15) is 0 Å². The molecule has 5 nitrogen and oxygen atoms in total. The molecule has 0 aliphatic rings. The van der Waals surface area contributed by atoms with Crippen molar-refractivity contribution in [3.8, 4) is 0 Å². The smallest absolute Gasteiger partial charge is 0.240 e. The van der Waals surface area contributed by atoms with Gasteiger partial charge < -0.3 is 5.32 Å². The van der Waals surface area contributed by atoms with E-state index >= 15 is 0 Å². The fourth-order valence-electron chi connectivity index (χ4n) is 2.32. The van der Waals surface area contributed by atoms with E-state index in [0.29, 0.717) is 0 Å². The number of nitrogens with one attached hydrogen (secondary N) is 2. The van der Waals surface area contributed by atoms with Gasteiger partial charge in [-0.05, 0) is 49.4 Å². The van der Waals surface area contributed by atoms with Crippen LogP contribution in [0.25, 0.3) is 0 Å². The molecule has 136 valence electrons. The van der Waals surface area contributed by atoms with Crippen LogP contribution in [0.1, 0.15) is 29.5 Å². The Morgan fingerprint density at radius 3 is 2.38 bits per heavy atom. The van der Waals surface area contributed by atoms with Gasteiger partial charge in [0.25, 0.3) is 0 Å². The first-order valence-electron chi connectivity index (χ1n) is 8.31. The molecule has 6 heteroatoms. The Morgan fingerprint density at radius 2 is 1.73 bits per heavy atom. The van der Waals surface area contributed by atoms with Gasteiger partial charge in [0.15, 0.2) is 0 Å². The van der Waals surface area contributed by atoms with E-state index < -0.39 is 0 Å². The van der Waals surface area contributed by atoms with Gasteiger partial charge in [-0.15, -0.1) is 11.8 Å². The lowest BCUT2D eigenvalue weighted by Crippen LogP contribution is -2.20. The zero-order chi connectivity index (χ0) is 18.9. The number of hydrogen-bond donors (Lipinski definition) is 2. The fraction of sp³-hybridized carbons (Fsp3) is 0.250. The van der Waals surface area contributed by atoms with Crippen LogP contribution < -0.4 is 10.7 Å². The Bertz CT molecular complexity index is 801. The van der Waals surface area contributed by atoms with Gasteiger partial charge in [-0.1, -0.05) is 29.8 Å². The van der Waals surface area contributed by atoms with Crippen LogP contribution in [-0.2, 0) is 9.59 Å². The maximum atomic E-state index is 12.0. The van der Waals surface area contributed by atoms with Crippen LogP contribution in [0.15, 0.2) is 52.5 Å². The van der Waals surface area contributed by atoms with Crippen LogP contribution >= 0.6 is 11.8 Å². The monoisotopic (exact) mass is 369 g/mol. The molecule has 26 heavy (non-hydrogen) atoms. The Hall–Kier alpha value is -2.60. The van der Waals surface area contributed by atoms with Crippen molar-refractivity contribution in [1.82, 2.24) is 5.43 Å². The standard InChI is InChI=1S/C20H23N3O2S/c1-14-4-9-18(15(2)12-14)22-19(24)10-11-20(25)23-21-13-16-5-7-17(26-3)8-6-16/h4-9,12-13H,10-11H2,1-3H3,(H,22,24)(H,23,25)/b21-13-. The molecule has 0 aliphatic heterocycles. The average molecular weight is 369 g/mol. The first kappa shape index (κ1) is 19.7. The van der Waals surface area contributed by atoms with Gasteiger partial charge in [-0.3, -0.25) is 9.59 Å². The third-order valence-corrected chi connectivity index (χ3v) is 4.50. The summed E-state index contributed by atoms with van der Waals surface area (Å²) in [4.78, 5) is 24.9. The molecule has 0 radical (unpaired) electrons. The molecule has 0 saturated carbocycles. The van der Waals surface area contributed by atoms with E-state index in [1.807, 2.05) is 62.6 Å². The van der Waals surface area contributed by atoms with Crippen LogP contribution in [0.5, 0.6) is 0 Å². The van der Waals surface area contributed by atoms with Crippen molar-refractivity contribution < 1.29 is 9.59 Å². The van der Waals surface area contributed by atoms with Gasteiger partial charge in [-0.2, -0.15) is 5.10 Å². The van der Waals surface area contributed by atoms with Crippen molar-refractivity contribution in [3.05, 3.63) is 59.2 Å². The Kier molecular flexibility index (Phi) is 7.41. The third-order valence-electron chi connectivity index (χ3n) is 3.75. The molecule has 0 bridgehead atoms. The van der Waals surface area contributed by atoms with E-state index in [0.717, 1.165) is 22.4 Å². The Labute approximate surface area is 158 Å². The van der Waals surface area contributed by atoms with Crippen molar-refractivity contribution in [2.24, 2.45) is 5.10 Å².